The number of aliphatic hydroxyl groups is 10. The summed E-state index contributed by atoms with van der Waals surface area (Å²) in [6.45, 7) is 1.99. The van der Waals surface area contributed by atoms with Gasteiger partial charge in [-0.1, -0.05) is 0 Å². The Labute approximate surface area is 482 Å². The van der Waals surface area contributed by atoms with Crippen molar-refractivity contribution >= 4 is 11.8 Å². The molecule has 29 N–H and O–H groups in total. The van der Waals surface area contributed by atoms with Gasteiger partial charge in [0, 0.05) is 62.3 Å². The molecule has 0 bridgehead atoms. The zero-order valence-corrected chi connectivity index (χ0v) is 47.4. The number of ether oxygens (including phenoxy) is 6. The van der Waals surface area contributed by atoms with Gasteiger partial charge in [-0.3, -0.25) is 14.9 Å². The summed E-state index contributed by atoms with van der Waals surface area (Å²) < 4.78 is 51.2. The lowest BCUT2D eigenvalue weighted by atomic mass is 9.72. The van der Waals surface area contributed by atoms with Crippen LogP contribution in [0.5, 0.6) is 0 Å². The van der Waals surface area contributed by atoms with Crippen molar-refractivity contribution in [2.75, 3.05) is 79.4 Å². The molecule has 31 nitrogen and oxygen atoms in total. The van der Waals surface area contributed by atoms with E-state index in [1.807, 2.05) is 6.08 Å². The molecule has 2 amide bonds. The number of likely N-dealkylation sites (N-methyl/N-ethyl adjacent to an activating group) is 1. The largest absolute Gasteiger partial charge is 0.492 e. The van der Waals surface area contributed by atoms with Crippen LogP contribution in [0.25, 0.3) is 0 Å². The molecule has 0 aromatic carbocycles. The van der Waals surface area contributed by atoms with E-state index in [0.29, 0.717) is 43.9 Å². The molecule has 26 atom stereocenters. The first-order chi connectivity index (χ1) is 39.3. The topological polar surface area (TPSA) is 532 Å². The Morgan fingerprint density at radius 3 is 1.82 bits per heavy atom. The van der Waals surface area contributed by atoms with E-state index in [-0.39, 0.29) is 58.4 Å². The third-order valence-electron chi connectivity index (χ3n) is 16.7. The first-order valence-electron chi connectivity index (χ1n) is 28.6. The average Bonchev–Trinajstić information content (AvgIpc) is 3.63. The highest BCUT2D eigenvalue weighted by atomic mass is 19.1. The summed E-state index contributed by atoms with van der Waals surface area (Å²) in [6.07, 6.45) is -17.4. The van der Waals surface area contributed by atoms with E-state index in [4.69, 9.17) is 62.8 Å². The molecule has 0 aromatic rings. The van der Waals surface area contributed by atoms with Gasteiger partial charge in [-0.2, -0.15) is 0 Å². The predicted octanol–water partition coefficient (Wildman–Crippen LogP) is -10.9. The van der Waals surface area contributed by atoms with Gasteiger partial charge >= 0.3 is 0 Å². The van der Waals surface area contributed by atoms with Crippen molar-refractivity contribution in [1.29, 1.82) is 0 Å². The number of aliphatic hydroxyl groups excluding tert-OH is 8. The second kappa shape index (κ2) is 31.2. The number of carbonyl (C=O) groups is 2. The van der Waals surface area contributed by atoms with Gasteiger partial charge in [0.05, 0.1) is 69.3 Å². The number of halogens is 1. The predicted molar refractivity (Wildman–Crippen MR) is 293 cm³/mol. The number of rotatable bonds is 28. The molecule has 480 valence electrons. The van der Waals surface area contributed by atoms with Crippen LogP contribution in [-0.2, 0) is 38.0 Å². The van der Waals surface area contributed by atoms with Gasteiger partial charge in [0.2, 0.25) is 0 Å². The van der Waals surface area contributed by atoms with E-state index in [0.717, 1.165) is 0 Å². The minimum atomic E-state index is -2.20. The molecule has 32 heteroatoms. The molecular formula is C51H96FN13O18. The summed E-state index contributed by atoms with van der Waals surface area (Å²) in [7, 11) is 1.53. The van der Waals surface area contributed by atoms with E-state index in [1.54, 1.807) is 6.08 Å². The van der Waals surface area contributed by atoms with Gasteiger partial charge in [0.1, 0.15) is 71.6 Å². The molecule has 6 rings (SSSR count). The van der Waals surface area contributed by atoms with Crippen LogP contribution in [0, 0.1) is 11.8 Å². The summed E-state index contributed by atoms with van der Waals surface area (Å²) in [4.78, 5) is 27.0. The minimum Gasteiger partial charge on any atom is -0.492 e. The Kier molecular flexibility index (Phi) is 26.0. The zero-order valence-electron chi connectivity index (χ0n) is 47.4. The van der Waals surface area contributed by atoms with E-state index < -0.39 is 183 Å². The monoisotopic (exact) mass is 1200 g/mol. The highest BCUT2D eigenvalue weighted by Gasteiger charge is 2.56. The number of nitrogens with one attached hydrogen (secondary N) is 7. The summed E-state index contributed by atoms with van der Waals surface area (Å²) >= 11 is 0. The van der Waals surface area contributed by atoms with Crippen molar-refractivity contribution in [1.82, 2.24) is 37.2 Å². The lowest BCUT2D eigenvalue weighted by Crippen LogP contribution is -2.70. The van der Waals surface area contributed by atoms with Gasteiger partial charge in [-0.25, -0.2) is 4.39 Å². The molecule has 4 aliphatic heterocycles. The van der Waals surface area contributed by atoms with Crippen LogP contribution in [-0.4, -0.2) is 288 Å². The van der Waals surface area contributed by atoms with Gasteiger partial charge in [0.25, 0.3) is 11.8 Å². The van der Waals surface area contributed by atoms with Gasteiger partial charge in [0.15, 0.2) is 24.8 Å². The second-order valence-electron chi connectivity index (χ2n) is 23.2. The van der Waals surface area contributed by atoms with E-state index in [1.165, 1.54) is 20.9 Å². The maximum Gasteiger partial charge on any atom is 0.252 e. The van der Waals surface area contributed by atoms with Crippen LogP contribution in [0.2, 0.25) is 0 Å². The van der Waals surface area contributed by atoms with Crippen LogP contribution in [0.3, 0.4) is 0 Å². The molecular weight excluding hydrogens is 1100 g/mol. The van der Waals surface area contributed by atoms with Gasteiger partial charge in [-0.05, 0) is 78.2 Å². The second-order valence-corrected chi connectivity index (χ2v) is 23.2. The molecule has 2 aliphatic carbocycles. The summed E-state index contributed by atoms with van der Waals surface area (Å²) in [5.74, 6) is -3.18. The molecule has 4 fully saturated rings. The maximum absolute atomic E-state index is 14.4. The Morgan fingerprint density at radius 2 is 1.27 bits per heavy atom. The molecule has 26 unspecified atom stereocenters. The van der Waals surface area contributed by atoms with Gasteiger partial charge in [-0.15, -0.1) is 0 Å². The first-order valence-corrected chi connectivity index (χ1v) is 28.6. The Morgan fingerprint density at radius 1 is 0.723 bits per heavy atom. The fourth-order valence-corrected chi connectivity index (χ4v) is 12.2. The third-order valence-corrected chi connectivity index (χ3v) is 16.7. The maximum atomic E-state index is 14.4. The standard InChI is InChI=1S/C51H96FN13O18/c1-50(76)19-78-48(38(72)44(50)59-3)82-43-30(14-27(58)33(37(43)71)41-28(62-10-4-9-53)8-6-22(15-54)80-41)65-47(75)35(69)31(67)18-61-21-63-45-39(73)49(79-20-51(45,2)77)83-42-29(64-46(74)34(68)24(52)16-55)13-26(57)32(36(42)70)40-25(56)7-5-23(81-40)17-60-11-12-66/h5-6,24-45,48-49,59-63,66-73,76-77H,4,7-21,53-58H2,1-3H3,(H,64,74)(H,65,75). The Bertz CT molecular complexity index is 2100. The molecule has 0 aromatic heterocycles. The van der Waals surface area contributed by atoms with Crippen LogP contribution in [0.15, 0.2) is 23.7 Å². The fourth-order valence-electron chi connectivity index (χ4n) is 12.2. The summed E-state index contributed by atoms with van der Waals surface area (Å²) in [6, 6.07) is -7.50. The minimum absolute atomic E-state index is 0.0667. The van der Waals surface area contributed by atoms with E-state index in [9.17, 15) is 65.0 Å². The molecule has 6 aliphatic rings. The van der Waals surface area contributed by atoms with Crippen LogP contribution >= 0.6 is 0 Å². The molecule has 2 saturated carbocycles. The summed E-state index contributed by atoms with van der Waals surface area (Å²) in [5.41, 5.74) is 33.8. The Hall–Kier alpha value is -3.05. The normalized spacial score (nSPS) is 41.1. The van der Waals surface area contributed by atoms with Crippen molar-refractivity contribution in [2.45, 2.75) is 191 Å². The number of hydrogen-bond donors (Lipinski definition) is 23. The lowest BCUT2D eigenvalue weighted by Gasteiger charge is -2.51. The quantitative estimate of drug-likeness (QED) is 0.0255. The van der Waals surface area contributed by atoms with Crippen molar-refractivity contribution in [3.63, 3.8) is 0 Å². The number of carbonyl (C=O) groups excluding carboxylic acids is 2. The Balaban J connectivity index is 1.12. The SMILES string of the molecule is CNC1C(O)C(OC2C(NC(=O)C(O)C(O)CNCNC3C(O)C(OC4C(NC(=O)C(O)C(F)CN)CC(N)C(C5OC(CNCCO)=CCC5N)C4O)OCC3(C)O)CC(N)C(C3OC(CN)=CCC3NCCCN)C2O)OCC1(C)O. The molecule has 0 spiro atoms. The first kappa shape index (κ1) is 69.1. The van der Waals surface area contributed by atoms with Crippen LogP contribution < -0.4 is 71.6 Å². The van der Waals surface area contributed by atoms with Crippen molar-refractivity contribution < 1.29 is 93.5 Å². The highest BCUT2D eigenvalue weighted by Crippen LogP contribution is 2.39. The van der Waals surface area contributed by atoms with Crippen LogP contribution in [0.1, 0.15) is 46.0 Å². The number of amides is 2. The number of hydrogen-bond acceptors (Lipinski definition) is 29. The molecule has 2 saturated heterocycles. The molecule has 0 radical (unpaired) electrons. The molecule has 4 heterocycles. The zero-order chi connectivity index (χ0) is 61.1. The van der Waals surface area contributed by atoms with Crippen molar-refractivity contribution in [2.24, 2.45) is 46.2 Å². The lowest BCUT2D eigenvalue weighted by molar-refractivity contribution is -0.298. The number of alkyl halides is 1. The number of nitrogens with two attached hydrogens (primary N) is 6. The summed E-state index contributed by atoms with van der Waals surface area (Å²) in [5, 5.41) is 132. The fraction of sp³-hybridized carbons (Fsp3) is 0.882. The smallest absolute Gasteiger partial charge is 0.252 e. The van der Waals surface area contributed by atoms with Crippen molar-refractivity contribution in [3.8, 4) is 0 Å². The van der Waals surface area contributed by atoms with Gasteiger partial charge < -0.3 is 146 Å². The molecule has 83 heavy (non-hydrogen) atoms. The average molecular weight is 1200 g/mol. The van der Waals surface area contributed by atoms with Crippen LogP contribution in [0.4, 0.5) is 4.39 Å². The van der Waals surface area contributed by atoms with Crippen molar-refractivity contribution in [3.05, 3.63) is 23.7 Å². The van der Waals surface area contributed by atoms with E-state index in [2.05, 4.69) is 37.2 Å². The van der Waals surface area contributed by atoms with E-state index >= 15 is 0 Å². The highest BCUT2D eigenvalue weighted by molar-refractivity contribution is 5.82. The third kappa shape index (κ3) is 17.0.